The largest absolute Gasteiger partial charge is 0 e. The van der Waals surface area contributed by atoms with Crippen molar-refractivity contribution in [3.63, 3.8) is 0 Å². The van der Waals surface area contributed by atoms with Gasteiger partial charge in [-0.3, -0.25) is 0 Å². The summed E-state index contributed by atoms with van der Waals surface area (Å²) >= 11 is 0. The second kappa shape index (κ2) is 17.5. The van der Waals surface area contributed by atoms with E-state index in [2.05, 4.69) is 0 Å². The average molecular weight is 391 g/mol. The quantitative estimate of drug-likeness (QED) is 0.510. The van der Waals surface area contributed by atoms with Crippen LogP contribution in [0.1, 0.15) is 0 Å². The maximum atomic E-state index is 0. The van der Waals surface area contributed by atoms with Gasteiger partial charge in [-0.25, -0.2) is 0 Å². The molecular weight excluding hydrogens is 391 g/mol. The molecule has 0 N–H and O–H groups in total. The van der Waals surface area contributed by atoms with Crippen molar-refractivity contribution in [3.8, 4) is 0 Å². The Hall–Kier alpha value is 2.61. The monoisotopic (exact) mass is 393 g/mol. The van der Waals surface area contributed by atoms with Crippen LogP contribution in [0.15, 0.2) is 0 Å². The van der Waals surface area contributed by atoms with E-state index in [1.54, 1.807) is 0 Å². The van der Waals surface area contributed by atoms with Gasteiger partial charge in [0, 0.05) is 80.9 Å². The fourth-order valence-electron chi connectivity index (χ4n) is 0. The summed E-state index contributed by atoms with van der Waals surface area (Å²) in [5.74, 6) is 0. The van der Waals surface area contributed by atoms with E-state index >= 15 is 0 Å². The van der Waals surface area contributed by atoms with Crippen LogP contribution in [0.2, 0.25) is 0 Å². The van der Waals surface area contributed by atoms with Gasteiger partial charge in [-0.15, -0.1) is 0 Å². The molecule has 0 nitrogen and oxygen atoms in total. The first-order chi connectivity index (χ1) is 0. The van der Waals surface area contributed by atoms with Crippen LogP contribution in [0.5, 0.6) is 0 Å². The molecular formula is CuMoTiW. The van der Waals surface area contributed by atoms with Crippen LogP contribution in [-0.2, 0) is 80.9 Å². The van der Waals surface area contributed by atoms with Crippen molar-refractivity contribution >= 4 is 0 Å². The van der Waals surface area contributed by atoms with Gasteiger partial charge in [-0.1, -0.05) is 0 Å². The van der Waals surface area contributed by atoms with Gasteiger partial charge in [-0.05, 0) is 0 Å². The predicted molar refractivity (Wildman–Crippen MR) is 0 cm³/mol. The summed E-state index contributed by atoms with van der Waals surface area (Å²) in [6.07, 6.45) is 0. The van der Waals surface area contributed by atoms with E-state index in [1.807, 2.05) is 0 Å². The molecule has 0 unspecified atom stereocenters. The van der Waals surface area contributed by atoms with Crippen LogP contribution in [0.25, 0.3) is 0 Å². The molecule has 0 atom stereocenters. The maximum absolute atomic E-state index is 0. The average Bonchev–Trinajstić information content (AvgIpc) is 0. The van der Waals surface area contributed by atoms with Crippen LogP contribution in [0.4, 0.5) is 0 Å². The first-order valence-electron chi connectivity index (χ1n) is 0. The Labute approximate surface area is 79.7 Å². The number of rotatable bonds is 0. The third-order valence-electron chi connectivity index (χ3n) is 0. The molecule has 0 spiro atoms. The van der Waals surface area contributed by atoms with Gasteiger partial charge in [0.25, 0.3) is 0 Å². The second-order valence-electron chi connectivity index (χ2n) is 0. The van der Waals surface area contributed by atoms with Gasteiger partial charge >= 0.3 is 0 Å². The molecule has 0 aliphatic rings. The van der Waals surface area contributed by atoms with Gasteiger partial charge < -0.3 is 0 Å². The zero-order chi connectivity index (χ0) is 0. The molecule has 4 heavy (non-hydrogen) atoms. The maximum Gasteiger partial charge on any atom is 0 e. The van der Waals surface area contributed by atoms with Gasteiger partial charge in [-0.2, -0.15) is 0 Å². The first-order valence-corrected chi connectivity index (χ1v) is 0. The zero-order valence-electron chi connectivity index (χ0n) is 1.62. The van der Waals surface area contributed by atoms with E-state index < -0.39 is 0 Å². The van der Waals surface area contributed by atoms with E-state index in [0.717, 1.165) is 0 Å². The molecule has 0 aromatic carbocycles. The normalized spacial score (nSPS) is 0. The van der Waals surface area contributed by atoms with Gasteiger partial charge in [0.05, 0.1) is 0 Å². The molecule has 27 valence electrons. The predicted octanol–water partition coefficient (Wildman–Crippen LogP) is -0.0100. The van der Waals surface area contributed by atoms with Crippen LogP contribution in [0, 0.1) is 0 Å². The molecule has 4 heteroatoms. The van der Waals surface area contributed by atoms with E-state index in [9.17, 15) is 0 Å². The van der Waals surface area contributed by atoms with Gasteiger partial charge in [0.2, 0.25) is 0 Å². The SMILES string of the molecule is [Cu].[Mo].[Ti].[W]. The Balaban J connectivity index is 0. The fraction of sp³-hybridized carbons (Fsp3) is 0. The molecule has 0 aliphatic heterocycles. The summed E-state index contributed by atoms with van der Waals surface area (Å²) in [7, 11) is 0. The molecule has 0 amide bonds. The first kappa shape index (κ1) is 30.5. The van der Waals surface area contributed by atoms with Gasteiger partial charge in [0.1, 0.15) is 0 Å². The summed E-state index contributed by atoms with van der Waals surface area (Å²) in [6.45, 7) is 0. The minimum atomic E-state index is 0. The topological polar surface area (TPSA) is 0 Å². The van der Waals surface area contributed by atoms with Crippen LogP contribution in [0.3, 0.4) is 0 Å². The molecule has 0 bridgehead atoms. The molecule has 0 heterocycles. The van der Waals surface area contributed by atoms with Crippen LogP contribution >= 0.6 is 0 Å². The van der Waals surface area contributed by atoms with E-state index in [0.29, 0.717) is 0 Å². The molecule has 0 saturated carbocycles. The Morgan fingerprint density at radius 3 is 1.00 bits per heavy atom. The Morgan fingerprint density at radius 1 is 1.00 bits per heavy atom. The van der Waals surface area contributed by atoms with E-state index in [-0.39, 0.29) is 80.9 Å². The molecule has 0 saturated heterocycles. The van der Waals surface area contributed by atoms with Crippen molar-refractivity contribution in [3.05, 3.63) is 0 Å². The Kier molecular flexibility index (Phi) is 134. The van der Waals surface area contributed by atoms with Crippen LogP contribution in [-0.4, -0.2) is 0 Å². The van der Waals surface area contributed by atoms with Crippen molar-refractivity contribution in [2.24, 2.45) is 0 Å². The van der Waals surface area contributed by atoms with Gasteiger partial charge in [0.15, 0.2) is 0 Å². The molecule has 0 aromatic heterocycles. The Morgan fingerprint density at radius 2 is 1.00 bits per heavy atom. The van der Waals surface area contributed by atoms with Crippen molar-refractivity contribution in [1.82, 2.24) is 0 Å². The summed E-state index contributed by atoms with van der Waals surface area (Å²) in [4.78, 5) is 0. The molecule has 0 aliphatic carbocycles. The minimum absolute atomic E-state index is 0. The molecule has 0 rings (SSSR count). The smallest absolute Gasteiger partial charge is 0 e. The number of hydrogen-bond acceptors (Lipinski definition) is 0. The minimum Gasteiger partial charge on any atom is 0 e. The molecule has 1 radical (unpaired) electrons. The standard InChI is InChI=1S/Cu.Mo.Ti.W. The molecule has 0 aromatic rings. The summed E-state index contributed by atoms with van der Waals surface area (Å²) in [6, 6.07) is 0. The third kappa shape index (κ3) is 8.82. The Bertz CT molecular complexity index is 8.00. The van der Waals surface area contributed by atoms with E-state index in [1.165, 1.54) is 0 Å². The van der Waals surface area contributed by atoms with Crippen molar-refractivity contribution < 1.29 is 80.9 Å². The fourth-order valence-corrected chi connectivity index (χ4v) is 0. The third-order valence-corrected chi connectivity index (χ3v) is 0. The summed E-state index contributed by atoms with van der Waals surface area (Å²) in [5.41, 5.74) is 0. The number of hydrogen-bond donors (Lipinski definition) is 0. The summed E-state index contributed by atoms with van der Waals surface area (Å²) in [5, 5.41) is 0. The van der Waals surface area contributed by atoms with Crippen molar-refractivity contribution in [2.45, 2.75) is 0 Å². The molecule has 0 fully saturated rings. The summed E-state index contributed by atoms with van der Waals surface area (Å²) < 4.78 is 0. The van der Waals surface area contributed by atoms with Crippen LogP contribution < -0.4 is 0 Å². The van der Waals surface area contributed by atoms with Crippen molar-refractivity contribution in [1.29, 1.82) is 0 Å². The zero-order valence-corrected chi connectivity index (χ0v) is 9.06. The van der Waals surface area contributed by atoms with E-state index in [4.69, 9.17) is 0 Å². The van der Waals surface area contributed by atoms with Crippen molar-refractivity contribution in [2.75, 3.05) is 0 Å². The second-order valence-corrected chi connectivity index (χ2v) is 0.